The van der Waals surface area contributed by atoms with Crippen molar-refractivity contribution in [3.05, 3.63) is 80.8 Å². The summed E-state index contributed by atoms with van der Waals surface area (Å²) in [7, 11) is -2.55. The molecule has 9 nitrogen and oxygen atoms in total. The lowest BCUT2D eigenvalue weighted by molar-refractivity contribution is 0.256. The number of thiophene rings is 1. The quantitative estimate of drug-likeness (QED) is 0.296. The van der Waals surface area contributed by atoms with Crippen LogP contribution in [0.1, 0.15) is 5.56 Å². The molecule has 13 heteroatoms. The highest BCUT2D eigenvalue weighted by Gasteiger charge is 2.20. The Morgan fingerprint density at radius 3 is 2.60 bits per heavy atom. The first-order valence-corrected chi connectivity index (χ1v) is 12.7. The molecule has 0 saturated carbocycles. The summed E-state index contributed by atoms with van der Waals surface area (Å²) in [4.78, 5) is 25.3. The monoisotopic (exact) mass is 536 g/mol. The molecule has 0 aliphatic carbocycles. The molecule has 0 aliphatic heterocycles. The number of hydrogen-bond donors (Lipinski definition) is 4. The molecular weight excluding hydrogens is 519 g/mol. The summed E-state index contributed by atoms with van der Waals surface area (Å²) in [5.41, 5.74) is 0.503. The molecule has 0 radical (unpaired) electrons. The number of nitrogens with zero attached hydrogens (tertiary/aromatic N) is 1. The fraction of sp³-hybridized carbons (Fsp3) is 0.0909. The Morgan fingerprint density at radius 1 is 1.17 bits per heavy atom. The van der Waals surface area contributed by atoms with Crippen molar-refractivity contribution in [1.29, 1.82) is 0 Å². The highest BCUT2D eigenvalue weighted by atomic mass is 35.5. The molecule has 35 heavy (non-hydrogen) atoms. The molecule has 2 aromatic carbocycles. The van der Waals surface area contributed by atoms with Gasteiger partial charge < -0.3 is 15.7 Å². The fourth-order valence-corrected chi connectivity index (χ4v) is 5.83. The maximum absolute atomic E-state index is 14.2. The molecule has 2 heterocycles. The number of urea groups is 1. The predicted octanol–water partition coefficient (Wildman–Crippen LogP) is 3.89. The van der Waals surface area contributed by atoms with Crippen LogP contribution < -0.4 is 20.9 Å². The van der Waals surface area contributed by atoms with Crippen molar-refractivity contribution in [1.82, 2.24) is 9.29 Å². The zero-order valence-electron chi connectivity index (χ0n) is 18.0. The number of carbonyl (C=O) groups is 1. The highest BCUT2D eigenvalue weighted by molar-refractivity contribution is 7.92. The lowest BCUT2D eigenvalue weighted by atomic mass is 10.1. The van der Waals surface area contributed by atoms with E-state index < -0.39 is 34.0 Å². The Balaban J connectivity index is 1.62. The molecule has 2 aromatic heterocycles. The number of anilines is 2. The molecule has 4 N–H and O–H groups in total. The van der Waals surface area contributed by atoms with Crippen molar-refractivity contribution < 1.29 is 22.7 Å². The highest BCUT2D eigenvalue weighted by Crippen LogP contribution is 2.26. The minimum absolute atomic E-state index is 0.127. The van der Waals surface area contributed by atoms with Gasteiger partial charge in [0, 0.05) is 24.5 Å². The smallest absolute Gasteiger partial charge is 0.333 e. The number of aliphatic hydroxyl groups excluding tert-OH is 1. The second-order valence-corrected chi connectivity index (χ2v) is 10.9. The first-order chi connectivity index (χ1) is 16.6. The molecule has 0 fully saturated rings. The fourth-order valence-electron chi connectivity index (χ4n) is 3.44. The Hall–Kier alpha value is -3.45. The molecule has 2 amide bonds. The Bertz CT molecular complexity index is 1620. The largest absolute Gasteiger partial charge is 0.392 e. The third kappa shape index (κ3) is 5.00. The van der Waals surface area contributed by atoms with Crippen LogP contribution in [0.4, 0.5) is 20.6 Å². The van der Waals surface area contributed by atoms with Crippen LogP contribution in [0.5, 0.6) is 0 Å². The van der Waals surface area contributed by atoms with Crippen LogP contribution in [0.25, 0.3) is 16.5 Å². The average Bonchev–Trinajstić information content (AvgIpc) is 3.26. The molecule has 0 saturated heterocycles. The van der Waals surface area contributed by atoms with Gasteiger partial charge in [0.2, 0.25) is 0 Å². The number of halogens is 2. The summed E-state index contributed by atoms with van der Waals surface area (Å²) < 4.78 is 42.1. The third-order valence-corrected chi connectivity index (χ3v) is 8.12. The van der Waals surface area contributed by atoms with Gasteiger partial charge in [-0.1, -0.05) is 11.6 Å². The number of aromatic nitrogens is 1. The van der Waals surface area contributed by atoms with Gasteiger partial charge in [-0.05, 0) is 53.9 Å². The second-order valence-electron chi connectivity index (χ2n) is 7.28. The predicted molar refractivity (Wildman–Crippen MR) is 134 cm³/mol. The van der Waals surface area contributed by atoms with E-state index in [1.807, 2.05) is 4.72 Å². The SMILES string of the molecule is CNc1cc2ccn(-c3ccc(NC(=O)NS(=O)(=O)c4ccc(Cl)s4)cc3CO)c(=O)c2cc1F. The van der Waals surface area contributed by atoms with Gasteiger partial charge in [-0.2, -0.15) is 0 Å². The molecule has 0 aliphatic rings. The molecular formula is C22H18ClFN4O5S2. The minimum atomic E-state index is -4.12. The summed E-state index contributed by atoms with van der Waals surface area (Å²) in [6.45, 7) is -0.490. The summed E-state index contributed by atoms with van der Waals surface area (Å²) in [6.07, 6.45) is 1.50. The van der Waals surface area contributed by atoms with E-state index in [1.165, 1.54) is 47.2 Å². The van der Waals surface area contributed by atoms with Crippen LogP contribution in [-0.4, -0.2) is 31.2 Å². The summed E-state index contributed by atoms with van der Waals surface area (Å²) in [5.74, 6) is -0.581. The number of benzene rings is 2. The topological polar surface area (TPSA) is 130 Å². The van der Waals surface area contributed by atoms with E-state index in [0.717, 1.165) is 17.4 Å². The number of pyridine rings is 1. The Kier molecular flexibility index (Phi) is 6.81. The summed E-state index contributed by atoms with van der Waals surface area (Å²) in [5, 5.41) is 15.7. The number of sulfonamides is 1. The van der Waals surface area contributed by atoms with Gasteiger partial charge in [0.05, 0.1) is 27.7 Å². The van der Waals surface area contributed by atoms with Gasteiger partial charge in [0.25, 0.3) is 15.6 Å². The zero-order chi connectivity index (χ0) is 25.3. The van der Waals surface area contributed by atoms with Gasteiger partial charge in [-0.3, -0.25) is 9.36 Å². The molecule has 0 atom stereocenters. The lowest BCUT2D eigenvalue weighted by Gasteiger charge is -2.14. The lowest BCUT2D eigenvalue weighted by Crippen LogP contribution is -2.34. The van der Waals surface area contributed by atoms with E-state index in [2.05, 4.69) is 10.6 Å². The van der Waals surface area contributed by atoms with Crippen molar-refractivity contribution in [2.45, 2.75) is 10.8 Å². The van der Waals surface area contributed by atoms with Crippen LogP contribution in [-0.2, 0) is 16.6 Å². The number of amides is 2. The number of hydrogen-bond acceptors (Lipinski definition) is 7. The van der Waals surface area contributed by atoms with Gasteiger partial charge in [-0.25, -0.2) is 22.3 Å². The molecule has 0 spiro atoms. The number of carbonyl (C=O) groups excluding carboxylic acids is 1. The van der Waals surface area contributed by atoms with Crippen LogP contribution in [0, 0.1) is 5.82 Å². The van der Waals surface area contributed by atoms with Crippen molar-refractivity contribution in [2.24, 2.45) is 0 Å². The maximum Gasteiger partial charge on any atom is 0.333 e. The second kappa shape index (κ2) is 9.66. The zero-order valence-corrected chi connectivity index (χ0v) is 20.4. The van der Waals surface area contributed by atoms with E-state index in [9.17, 15) is 27.5 Å². The maximum atomic E-state index is 14.2. The van der Waals surface area contributed by atoms with Crippen molar-refractivity contribution >= 4 is 61.1 Å². The van der Waals surface area contributed by atoms with E-state index in [1.54, 1.807) is 13.1 Å². The Labute approximate surface area is 207 Å². The molecule has 4 rings (SSSR count). The van der Waals surface area contributed by atoms with E-state index in [-0.39, 0.29) is 30.9 Å². The first-order valence-electron chi connectivity index (χ1n) is 9.99. The van der Waals surface area contributed by atoms with Gasteiger partial charge in [0.1, 0.15) is 10.0 Å². The van der Waals surface area contributed by atoms with Crippen LogP contribution in [0.2, 0.25) is 4.34 Å². The Morgan fingerprint density at radius 2 is 1.94 bits per heavy atom. The normalized spacial score (nSPS) is 11.4. The van der Waals surface area contributed by atoms with E-state index >= 15 is 0 Å². The summed E-state index contributed by atoms with van der Waals surface area (Å²) in [6, 6.07) is 10.2. The number of rotatable bonds is 6. The van der Waals surface area contributed by atoms with Gasteiger partial charge >= 0.3 is 6.03 Å². The average molecular weight is 537 g/mol. The van der Waals surface area contributed by atoms with E-state index in [4.69, 9.17) is 11.6 Å². The standard InChI is InChI=1S/C22H18ClFN4O5S2/c1-25-17-9-12-6-7-28(21(30)15(12)10-16(17)24)18-3-2-14(8-13(18)11-29)26-22(31)27-35(32,33)20-5-4-19(23)34-20/h2-10,25,29H,11H2,1H3,(H2,26,27,31). The van der Waals surface area contributed by atoms with E-state index in [0.29, 0.717) is 11.1 Å². The summed E-state index contributed by atoms with van der Waals surface area (Å²) >= 11 is 6.55. The van der Waals surface area contributed by atoms with Crippen LogP contribution in [0.15, 0.2) is 63.7 Å². The van der Waals surface area contributed by atoms with Crippen molar-refractivity contribution in [2.75, 3.05) is 17.7 Å². The minimum Gasteiger partial charge on any atom is -0.392 e. The molecule has 0 bridgehead atoms. The van der Waals surface area contributed by atoms with Gasteiger partial charge in [0.15, 0.2) is 0 Å². The van der Waals surface area contributed by atoms with Gasteiger partial charge in [-0.15, -0.1) is 11.3 Å². The number of nitrogens with one attached hydrogen (secondary N) is 3. The third-order valence-electron chi connectivity index (χ3n) is 5.07. The van der Waals surface area contributed by atoms with Crippen molar-refractivity contribution in [3.63, 3.8) is 0 Å². The van der Waals surface area contributed by atoms with Crippen LogP contribution in [0.3, 0.4) is 0 Å². The van der Waals surface area contributed by atoms with Crippen molar-refractivity contribution in [3.8, 4) is 5.69 Å². The number of fused-ring (bicyclic) bond motifs is 1. The first kappa shape index (κ1) is 24.7. The molecule has 4 aromatic rings. The van der Waals surface area contributed by atoms with Crippen LogP contribution >= 0.6 is 22.9 Å². The number of aliphatic hydroxyl groups is 1. The molecule has 0 unspecified atom stereocenters. The molecule has 182 valence electrons.